The fourth-order valence-electron chi connectivity index (χ4n) is 2.62. The lowest BCUT2D eigenvalue weighted by molar-refractivity contribution is -0.0778. The second-order valence-corrected chi connectivity index (χ2v) is 5.58. The average Bonchev–Trinajstić information content (AvgIpc) is 2.39. The number of pyridine rings is 1. The first-order valence-electron chi connectivity index (χ1n) is 7.29. The summed E-state index contributed by atoms with van der Waals surface area (Å²) in [5.41, 5.74) is 1.49. The predicted molar refractivity (Wildman–Crippen MR) is 79.7 cm³/mol. The number of aromatic nitrogens is 1. The fraction of sp³-hybridized carbons (Fsp3) is 0.667. The molecular formula is C15H25N3O2. The Balaban J connectivity index is 1.90. The van der Waals surface area contributed by atoms with E-state index in [9.17, 15) is 5.11 Å². The first-order chi connectivity index (χ1) is 9.61. The Bertz CT molecular complexity index is 419. The molecule has 2 N–H and O–H groups in total. The molecule has 2 heterocycles. The summed E-state index contributed by atoms with van der Waals surface area (Å²) in [4.78, 5) is 6.52. The molecule has 2 rings (SSSR count). The second kappa shape index (κ2) is 7.02. The van der Waals surface area contributed by atoms with Gasteiger partial charge in [-0.1, -0.05) is 0 Å². The highest BCUT2D eigenvalue weighted by atomic mass is 16.5. The van der Waals surface area contributed by atoms with Crippen LogP contribution in [0.15, 0.2) is 18.3 Å². The monoisotopic (exact) mass is 279 g/mol. The molecule has 1 aliphatic rings. The number of hydrogen-bond acceptors (Lipinski definition) is 5. The van der Waals surface area contributed by atoms with Gasteiger partial charge in [0.15, 0.2) is 0 Å². The van der Waals surface area contributed by atoms with Crippen molar-refractivity contribution < 1.29 is 9.84 Å². The van der Waals surface area contributed by atoms with Gasteiger partial charge in [-0.05, 0) is 26.1 Å². The van der Waals surface area contributed by atoms with Gasteiger partial charge in [0.25, 0.3) is 0 Å². The molecule has 0 radical (unpaired) electrons. The number of nitrogens with one attached hydrogen (secondary N) is 1. The molecule has 0 atom stereocenters. The smallest absolute Gasteiger partial charge is 0.0817 e. The molecule has 1 aromatic heterocycles. The summed E-state index contributed by atoms with van der Waals surface area (Å²) in [5.74, 6) is 0. The van der Waals surface area contributed by atoms with Crippen molar-refractivity contribution in [3.63, 3.8) is 0 Å². The zero-order valence-electron chi connectivity index (χ0n) is 12.4. The van der Waals surface area contributed by atoms with Gasteiger partial charge in [0.1, 0.15) is 0 Å². The third-order valence-electron chi connectivity index (χ3n) is 3.62. The molecule has 0 unspecified atom stereocenters. The lowest BCUT2D eigenvalue weighted by atomic mass is 9.94. The first kappa shape index (κ1) is 15.2. The van der Waals surface area contributed by atoms with Gasteiger partial charge in [-0.25, -0.2) is 0 Å². The Morgan fingerprint density at radius 1 is 1.45 bits per heavy atom. The standard InChI is InChI=1S/C15H25N3O2/c1-3-16-13-4-7-17-14(10-13)11-18(2)12-15(19)5-8-20-9-6-15/h4,7,10,19H,3,5-6,8-9,11-12H2,1-2H3,(H,16,17). The summed E-state index contributed by atoms with van der Waals surface area (Å²) in [6.07, 6.45) is 3.24. The molecule has 1 fully saturated rings. The van der Waals surface area contributed by atoms with Crippen molar-refractivity contribution >= 4 is 5.69 Å². The number of aliphatic hydroxyl groups is 1. The Kier molecular flexibility index (Phi) is 5.34. The van der Waals surface area contributed by atoms with E-state index in [0.717, 1.165) is 24.5 Å². The van der Waals surface area contributed by atoms with E-state index in [1.165, 1.54) is 0 Å². The van der Waals surface area contributed by atoms with Crippen LogP contribution in [0.25, 0.3) is 0 Å². The average molecular weight is 279 g/mol. The molecule has 0 aliphatic carbocycles. The summed E-state index contributed by atoms with van der Waals surface area (Å²) in [5, 5.41) is 13.8. The SMILES string of the molecule is CCNc1ccnc(CN(C)CC2(O)CCOCC2)c1. The molecule has 0 spiro atoms. The maximum atomic E-state index is 10.5. The molecule has 0 bridgehead atoms. The van der Waals surface area contributed by atoms with Crippen molar-refractivity contribution in [3.8, 4) is 0 Å². The molecule has 1 aliphatic heterocycles. The van der Waals surface area contributed by atoms with Crippen LogP contribution in [0.3, 0.4) is 0 Å². The molecule has 5 nitrogen and oxygen atoms in total. The Hall–Kier alpha value is -1.17. The van der Waals surface area contributed by atoms with E-state index in [1.807, 2.05) is 19.3 Å². The molecule has 0 aromatic carbocycles. The van der Waals surface area contributed by atoms with E-state index in [-0.39, 0.29) is 0 Å². The van der Waals surface area contributed by atoms with E-state index in [0.29, 0.717) is 32.6 Å². The molecule has 1 aromatic rings. The highest BCUT2D eigenvalue weighted by Crippen LogP contribution is 2.22. The number of nitrogens with zero attached hydrogens (tertiary/aromatic N) is 2. The third kappa shape index (κ3) is 4.44. The summed E-state index contributed by atoms with van der Waals surface area (Å²) in [7, 11) is 2.02. The fourth-order valence-corrected chi connectivity index (χ4v) is 2.62. The second-order valence-electron chi connectivity index (χ2n) is 5.58. The van der Waals surface area contributed by atoms with Crippen LogP contribution in [-0.2, 0) is 11.3 Å². The van der Waals surface area contributed by atoms with Gasteiger partial charge in [0.2, 0.25) is 0 Å². The van der Waals surface area contributed by atoms with Gasteiger partial charge in [0.05, 0.1) is 11.3 Å². The molecular weight excluding hydrogens is 254 g/mol. The van der Waals surface area contributed by atoms with Gasteiger partial charge in [-0.3, -0.25) is 9.88 Å². The van der Waals surface area contributed by atoms with Crippen molar-refractivity contribution in [1.29, 1.82) is 0 Å². The molecule has 0 amide bonds. The quantitative estimate of drug-likeness (QED) is 0.826. The number of rotatable bonds is 6. The van der Waals surface area contributed by atoms with E-state index >= 15 is 0 Å². The minimum absolute atomic E-state index is 0.619. The van der Waals surface area contributed by atoms with Gasteiger partial charge in [-0.2, -0.15) is 0 Å². The lowest BCUT2D eigenvalue weighted by Crippen LogP contribution is -2.45. The van der Waals surface area contributed by atoms with Crippen LogP contribution in [0.4, 0.5) is 5.69 Å². The zero-order chi connectivity index (χ0) is 14.4. The van der Waals surface area contributed by atoms with E-state index < -0.39 is 5.60 Å². The van der Waals surface area contributed by atoms with E-state index in [4.69, 9.17) is 4.74 Å². The number of hydrogen-bond donors (Lipinski definition) is 2. The molecule has 5 heteroatoms. The normalized spacial score (nSPS) is 18.2. The van der Waals surface area contributed by atoms with Crippen LogP contribution in [-0.4, -0.2) is 53.9 Å². The van der Waals surface area contributed by atoms with Crippen molar-refractivity contribution in [2.24, 2.45) is 0 Å². The van der Waals surface area contributed by atoms with Crippen LogP contribution >= 0.6 is 0 Å². The van der Waals surface area contributed by atoms with Gasteiger partial charge < -0.3 is 15.2 Å². The van der Waals surface area contributed by atoms with Crippen LogP contribution in [0, 0.1) is 0 Å². The molecule has 1 saturated heterocycles. The van der Waals surface area contributed by atoms with Crippen LogP contribution in [0.5, 0.6) is 0 Å². The topological polar surface area (TPSA) is 57.6 Å². The van der Waals surface area contributed by atoms with E-state index in [1.54, 1.807) is 0 Å². The minimum Gasteiger partial charge on any atom is -0.388 e. The van der Waals surface area contributed by atoms with E-state index in [2.05, 4.69) is 28.2 Å². The summed E-state index contributed by atoms with van der Waals surface area (Å²) < 4.78 is 5.31. The van der Waals surface area contributed by atoms with Crippen LogP contribution < -0.4 is 5.32 Å². The van der Waals surface area contributed by atoms with Crippen molar-refractivity contribution in [1.82, 2.24) is 9.88 Å². The van der Waals surface area contributed by atoms with Crippen molar-refractivity contribution in [3.05, 3.63) is 24.0 Å². The summed E-state index contributed by atoms with van der Waals surface area (Å²) in [6.45, 7) is 5.68. The van der Waals surface area contributed by atoms with Gasteiger partial charge in [-0.15, -0.1) is 0 Å². The molecule has 0 saturated carbocycles. The predicted octanol–water partition coefficient (Wildman–Crippen LogP) is 1.49. The zero-order valence-corrected chi connectivity index (χ0v) is 12.4. The first-order valence-corrected chi connectivity index (χ1v) is 7.29. The minimum atomic E-state index is -0.619. The highest BCUT2D eigenvalue weighted by molar-refractivity contribution is 5.42. The van der Waals surface area contributed by atoms with Gasteiger partial charge in [0, 0.05) is 57.6 Å². The maximum absolute atomic E-state index is 10.5. The van der Waals surface area contributed by atoms with Crippen molar-refractivity contribution in [2.45, 2.75) is 31.9 Å². The number of ether oxygens (including phenoxy) is 1. The number of anilines is 1. The summed E-state index contributed by atoms with van der Waals surface area (Å²) in [6, 6.07) is 4.03. The number of likely N-dealkylation sites (N-methyl/N-ethyl adjacent to an activating group) is 1. The maximum Gasteiger partial charge on any atom is 0.0817 e. The molecule has 20 heavy (non-hydrogen) atoms. The lowest BCUT2D eigenvalue weighted by Gasteiger charge is -2.35. The Morgan fingerprint density at radius 3 is 2.90 bits per heavy atom. The van der Waals surface area contributed by atoms with Crippen LogP contribution in [0.1, 0.15) is 25.5 Å². The summed E-state index contributed by atoms with van der Waals surface area (Å²) >= 11 is 0. The largest absolute Gasteiger partial charge is 0.388 e. The molecule has 112 valence electrons. The van der Waals surface area contributed by atoms with Gasteiger partial charge >= 0.3 is 0 Å². The van der Waals surface area contributed by atoms with Crippen molar-refractivity contribution in [2.75, 3.05) is 38.7 Å². The van der Waals surface area contributed by atoms with Crippen LogP contribution in [0.2, 0.25) is 0 Å². The Morgan fingerprint density at radius 2 is 2.20 bits per heavy atom. The highest BCUT2D eigenvalue weighted by Gasteiger charge is 2.30. The third-order valence-corrected chi connectivity index (χ3v) is 3.62. The Labute approximate surface area is 121 Å².